The fourth-order valence-electron chi connectivity index (χ4n) is 2.39. The van der Waals surface area contributed by atoms with E-state index in [1.807, 2.05) is 43.3 Å². The Hall–Kier alpha value is -2.08. The predicted octanol–water partition coefficient (Wildman–Crippen LogP) is 0.903. The molecule has 2 amide bonds. The maximum absolute atomic E-state index is 11.8. The molecular formula is C16H24N4O2. The van der Waals surface area contributed by atoms with E-state index in [-0.39, 0.29) is 0 Å². The third kappa shape index (κ3) is 4.73. The molecule has 1 heterocycles. The van der Waals surface area contributed by atoms with Crippen molar-refractivity contribution in [2.45, 2.75) is 12.8 Å². The van der Waals surface area contributed by atoms with Crippen LogP contribution in [0.2, 0.25) is 0 Å². The van der Waals surface area contributed by atoms with E-state index >= 15 is 0 Å². The van der Waals surface area contributed by atoms with Gasteiger partial charge < -0.3 is 20.4 Å². The van der Waals surface area contributed by atoms with Crippen molar-refractivity contribution in [1.82, 2.24) is 10.2 Å². The molecular weight excluding hydrogens is 280 g/mol. The van der Waals surface area contributed by atoms with Crippen LogP contribution in [0.1, 0.15) is 12.8 Å². The number of amides is 2. The lowest BCUT2D eigenvalue weighted by Gasteiger charge is -2.17. The lowest BCUT2D eigenvalue weighted by atomic mass is 10.2. The molecule has 1 aromatic rings. The third-order valence-electron chi connectivity index (χ3n) is 3.65. The molecule has 0 aromatic heterocycles. The highest BCUT2D eigenvalue weighted by Gasteiger charge is 2.14. The standard InChI is InChI=1S/C16H24N4O2/c1-19(2)12-9-17-15(21)16(22)18-13-5-7-14(8-6-13)20-10-3-4-11-20/h5-8H,3-4,9-12H2,1-2H3,(H,17,21)(H,18,22). The molecule has 0 atom stereocenters. The van der Waals surface area contributed by atoms with Gasteiger partial charge in [-0.1, -0.05) is 0 Å². The summed E-state index contributed by atoms with van der Waals surface area (Å²) in [6.45, 7) is 3.32. The Balaban J connectivity index is 1.82. The second kappa shape index (κ2) is 7.79. The first-order chi connectivity index (χ1) is 10.6. The summed E-state index contributed by atoms with van der Waals surface area (Å²) in [5, 5.41) is 5.20. The zero-order valence-electron chi connectivity index (χ0n) is 13.3. The summed E-state index contributed by atoms with van der Waals surface area (Å²) in [7, 11) is 3.82. The van der Waals surface area contributed by atoms with E-state index in [2.05, 4.69) is 15.5 Å². The minimum atomic E-state index is -0.632. The highest BCUT2D eigenvalue weighted by atomic mass is 16.2. The topological polar surface area (TPSA) is 64.7 Å². The smallest absolute Gasteiger partial charge is 0.313 e. The van der Waals surface area contributed by atoms with Gasteiger partial charge >= 0.3 is 11.8 Å². The van der Waals surface area contributed by atoms with Crippen LogP contribution < -0.4 is 15.5 Å². The first-order valence-corrected chi connectivity index (χ1v) is 7.65. The molecule has 0 unspecified atom stereocenters. The minimum absolute atomic E-state index is 0.452. The van der Waals surface area contributed by atoms with Gasteiger partial charge in [0, 0.05) is 37.6 Å². The maximum Gasteiger partial charge on any atom is 0.313 e. The summed E-state index contributed by atoms with van der Waals surface area (Å²) in [5.74, 6) is -1.24. The lowest BCUT2D eigenvalue weighted by Crippen LogP contribution is -2.38. The molecule has 1 saturated heterocycles. The number of rotatable bonds is 5. The molecule has 0 bridgehead atoms. The van der Waals surface area contributed by atoms with Gasteiger partial charge in [0.1, 0.15) is 0 Å². The highest BCUT2D eigenvalue weighted by molar-refractivity contribution is 6.39. The van der Waals surface area contributed by atoms with E-state index < -0.39 is 11.8 Å². The van der Waals surface area contributed by atoms with Crippen LogP contribution in [-0.4, -0.2) is 57.0 Å². The lowest BCUT2D eigenvalue weighted by molar-refractivity contribution is -0.136. The summed E-state index contributed by atoms with van der Waals surface area (Å²) in [6, 6.07) is 7.62. The summed E-state index contributed by atoms with van der Waals surface area (Å²) in [6.07, 6.45) is 2.46. The van der Waals surface area contributed by atoms with Crippen molar-refractivity contribution in [2.75, 3.05) is 50.5 Å². The van der Waals surface area contributed by atoms with Crippen molar-refractivity contribution in [3.8, 4) is 0 Å². The molecule has 6 nitrogen and oxygen atoms in total. The van der Waals surface area contributed by atoms with Crippen molar-refractivity contribution in [1.29, 1.82) is 0 Å². The molecule has 120 valence electrons. The summed E-state index contributed by atoms with van der Waals surface area (Å²) >= 11 is 0. The van der Waals surface area contributed by atoms with Gasteiger partial charge in [-0.2, -0.15) is 0 Å². The Morgan fingerprint density at radius 1 is 1.09 bits per heavy atom. The third-order valence-corrected chi connectivity index (χ3v) is 3.65. The van der Waals surface area contributed by atoms with Crippen LogP contribution in [-0.2, 0) is 9.59 Å². The van der Waals surface area contributed by atoms with Crippen LogP contribution in [0, 0.1) is 0 Å². The number of nitrogens with zero attached hydrogens (tertiary/aromatic N) is 2. The first kappa shape index (κ1) is 16.3. The molecule has 6 heteroatoms. The molecule has 0 radical (unpaired) electrons. The molecule has 1 aliphatic heterocycles. The fourth-order valence-corrected chi connectivity index (χ4v) is 2.39. The summed E-state index contributed by atoms with van der Waals surface area (Å²) in [5.41, 5.74) is 1.79. The van der Waals surface area contributed by atoms with Crippen molar-refractivity contribution < 1.29 is 9.59 Å². The monoisotopic (exact) mass is 304 g/mol. The van der Waals surface area contributed by atoms with Crippen molar-refractivity contribution in [3.05, 3.63) is 24.3 Å². The van der Waals surface area contributed by atoms with E-state index in [4.69, 9.17) is 0 Å². The van der Waals surface area contributed by atoms with E-state index in [1.54, 1.807) is 0 Å². The largest absolute Gasteiger partial charge is 0.372 e. The molecule has 2 N–H and O–H groups in total. The van der Waals surface area contributed by atoms with Crippen LogP contribution in [0.3, 0.4) is 0 Å². The Bertz CT molecular complexity index is 507. The zero-order valence-corrected chi connectivity index (χ0v) is 13.3. The van der Waals surface area contributed by atoms with Gasteiger partial charge in [-0.05, 0) is 51.2 Å². The number of benzene rings is 1. The van der Waals surface area contributed by atoms with Crippen molar-refractivity contribution >= 4 is 23.2 Å². The van der Waals surface area contributed by atoms with Gasteiger partial charge in [0.15, 0.2) is 0 Å². The number of hydrogen-bond acceptors (Lipinski definition) is 4. The minimum Gasteiger partial charge on any atom is -0.372 e. The van der Waals surface area contributed by atoms with Crippen molar-refractivity contribution in [3.63, 3.8) is 0 Å². The van der Waals surface area contributed by atoms with Gasteiger partial charge in [0.25, 0.3) is 0 Å². The molecule has 1 aromatic carbocycles. The predicted molar refractivity (Wildman–Crippen MR) is 88.1 cm³/mol. The second-order valence-electron chi connectivity index (χ2n) is 5.75. The molecule has 2 rings (SSSR count). The average molecular weight is 304 g/mol. The van der Waals surface area contributed by atoms with Gasteiger partial charge in [-0.3, -0.25) is 9.59 Å². The van der Waals surface area contributed by atoms with E-state index in [1.165, 1.54) is 12.8 Å². The second-order valence-corrected chi connectivity index (χ2v) is 5.75. The molecule has 0 saturated carbocycles. The summed E-state index contributed by atoms with van der Waals surface area (Å²) in [4.78, 5) is 27.7. The van der Waals surface area contributed by atoms with Crippen LogP contribution in [0.4, 0.5) is 11.4 Å². The number of hydrogen-bond donors (Lipinski definition) is 2. The molecule has 22 heavy (non-hydrogen) atoms. The maximum atomic E-state index is 11.8. The van der Waals surface area contributed by atoms with E-state index in [0.717, 1.165) is 18.8 Å². The van der Waals surface area contributed by atoms with Gasteiger partial charge in [-0.15, -0.1) is 0 Å². The number of anilines is 2. The normalized spacial score (nSPS) is 14.2. The highest BCUT2D eigenvalue weighted by Crippen LogP contribution is 2.21. The Kier molecular flexibility index (Phi) is 5.77. The van der Waals surface area contributed by atoms with Gasteiger partial charge in [0.05, 0.1) is 0 Å². The van der Waals surface area contributed by atoms with Gasteiger partial charge in [0.2, 0.25) is 0 Å². The number of carbonyl (C=O) groups is 2. The molecule has 1 aliphatic rings. The van der Waals surface area contributed by atoms with Crippen LogP contribution in [0.15, 0.2) is 24.3 Å². The molecule has 1 fully saturated rings. The van der Waals surface area contributed by atoms with Crippen LogP contribution in [0.25, 0.3) is 0 Å². The number of carbonyl (C=O) groups excluding carboxylic acids is 2. The van der Waals surface area contributed by atoms with Crippen molar-refractivity contribution in [2.24, 2.45) is 0 Å². The fraction of sp³-hybridized carbons (Fsp3) is 0.500. The molecule has 0 aliphatic carbocycles. The number of likely N-dealkylation sites (N-methyl/N-ethyl adjacent to an activating group) is 1. The Morgan fingerprint density at radius 3 is 2.32 bits per heavy atom. The van der Waals surface area contributed by atoms with Crippen LogP contribution in [0.5, 0.6) is 0 Å². The first-order valence-electron chi connectivity index (χ1n) is 7.65. The zero-order chi connectivity index (χ0) is 15.9. The quantitative estimate of drug-likeness (QED) is 0.794. The van der Waals surface area contributed by atoms with E-state index in [9.17, 15) is 9.59 Å². The van der Waals surface area contributed by atoms with Gasteiger partial charge in [-0.25, -0.2) is 0 Å². The van der Waals surface area contributed by atoms with Crippen LogP contribution >= 0.6 is 0 Å². The Labute approximate surface area is 131 Å². The molecule has 0 spiro atoms. The SMILES string of the molecule is CN(C)CCNC(=O)C(=O)Nc1ccc(N2CCCC2)cc1. The average Bonchev–Trinajstić information content (AvgIpc) is 3.01. The van der Waals surface area contributed by atoms with E-state index in [0.29, 0.717) is 18.8 Å². The Morgan fingerprint density at radius 2 is 1.73 bits per heavy atom. The summed E-state index contributed by atoms with van der Waals surface area (Å²) < 4.78 is 0. The number of nitrogens with one attached hydrogen (secondary N) is 2.